The van der Waals surface area contributed by atoms with E-state index in [-0.39, 0.29) is 5.91 Å². The van der Waals surface area contributed by atoms with Crippen molar-refractivity contribution in [2.45, 2.75) is 0 Å². The van der Waals surface area contributed by atoms with E-state index in [4.69, 9.17) is 0 Å². The number of amides is 1. The molecule has 0 fully saturated rings. The van der Waals surface area contributed by atoms with Gasteiger partial charge in [0.25, 0.3) is 5.91 Å². The number of halogens is 1. The molecule has 0 aromatic carbocycles. The molecule has 0 aliphatic rings. The maximum Gasteiger partial charge on any atom is 0.278 e. The van der Waals surface area contributed by atoms with E-state index >= 15 is 0 Å². The number of nitrogens with zero attached hydrogens (tertiary/aromatic N) is 2. The molecule has 0 saturated carbocycles. The summed E-state index contributed by atoms with van der Waals surface area (Å²) in [7, 11) is 1.75. The van der Waals surface area contributed by atoms with Crippen LogP contribution >= 0.6 is 27.3 Å². The fraction of sp³-hybridized carbons (Fsp3) is 0.100. The van der Waals surface area contributed by atoms with Crippen LogP contribution in [0.25, 0.3) is 0 Å². The van der Waals surface area contributed by atoms with Crippen LogP contribution in [-0.2, 0) is 0 Å². The number of anilines is 2. The van der Waals surface area contributed by atoms with E-state index in [1.54, 1.807) is 30.8 Å². The SMILES string of the molecule is CNc1scnc1C(=O)Nc1cccc(Br)n1. The summed E-state index contributed by atoms with van der Waals surface area (Å²) in [5.74, 6) is 0.209. The number of rotatable bonds is 3. The summed E-state index contributed by atoms with van der Waals surface area (Å²) < 4.78 is 0.669. The van der Waals surface area contributed by atoms with Crippen molar-refractivity contribution >= 4 is 44.0 Å². The lowest BCUT2D eigenvalue weighted by Crippen LogP contribution is -2.14. The Morgan fingerprint density at radius 3 is 3.00 bits per heavy atom. The van der Waals surface area contributed by atoms with E-state index in [9.17, 15) is 4.79 Å². The first-order valence-electron chi connectivity index (χ1n) is 4.76. The second kappa shape index (κ2) is 5.24. The number of pyridine rings is 1. The Hall–Kier alpha value is -1.47. The molecule has 0 bridgehead atoms. The van der Waals surface area contributed by atoms with Crippen LogP contribution in [0.15, 0.2) is 28.3 Å². The Balaban J connectivity index is 2.17. The second-order valence-corrected chi connectivity index (χ2v) is 4.75. The monoisotopic (exact) mass is 312 g/mol. The van der Waals surface area contributed by atoms with Gasteiger partial charge in [0, 0.05) is 7.05 Å². The van der Waals surface area contributed by atoms with E-state index in [0.29, 0.717) is 16.1 Å². The van der Waals surface area contributed by atoms with E-state index < -0.39 is 0 Å². The van der Waals surface area contributed by atoms with E-state index in [0.717, 1.165) is 5.00 Å². The van der Waals surface area contributed by atoms with Gasteiger partial charge in [-0.2, -0.15) is 0 Å². The molecule has 2 rings (SSSR count). The average Bonchev–Trinajstić information content (AvgIpc) is 2.77. The Labute approximate surface area is 110 Å². The Morgan fingerprint density at radius 1 is 1.47 bits per heavy atom. The lowest BCUT2D eigenvalue weighted by Gasteiger charge is -2.04. The van der Waals surface area contributed by atoms with Gasteiger partial charge in [0.05, 0.1) is 5.51 Å². The average molecular weight is 313 g/mol. The largest absolute Gasteiger partial charge is 0.378 e. The van der Waals surface area contributed by atoms with Crippen LogP contribution in [0.5, 0.6) is 0 Å². The number of carbonyl (C=O) groups excluding carboxylic acids is 1. The van der Waals surface area contributed by atoms with Crippen LogP contribution in [0.3, 0.4) is 0 Å². The minimum Gasteiger partial charge on any atom is -0.378 e. The number of hydrogen-bond donors (Lipinski definition) is 2. The third-order valence-corrected chi connectivity index (χ3v) is 3.25. The predicted molar refractivity (Wildman–Crippen MR) is 71.6 cm³/mol. The molecule has 0 aliphatic heterocycles. The molecule has 2 aromatic rings. The number of carbonyl (C=O) groups is 1. The Morgan fingerprint density at radius 2 is 2.29 bits per heavy atom. The zero-order chi connectivity index (χ0) is 12.3. The van der Waals surface area contributed by atoms with Crippen molar-refractivity contribution in [3.63, 3.8) is 0 Å². The number of nitrogens with one attached hydrogen (secondary N) is 2. The molecule has 0 unspecified atom stereocenters. The summed E-state index contributed by atoms with van der Waals surface area (Å²) in [6.07, 6.45) is 0. The van der Waals surface area contributed by atoms with Gasteiger partial charge in [0.15, 0.2) is 5.69 Å². The van der Waals surface area contributed by atoms with Crippen molar-refractivity contribution in [2.75, 3.05) is 17.7 Å². The van der Waals surface area contributed by atoms with Crippen molar-refractivity contribution in [2.24, 2.45) is 0 Å². The number of thiazole rings is 1. The molecule has 7 heteroatoms. The van der Waals surface area contributed by atoms with Crippen molar-refractivity contribution in [1.29, 1.82) is 0 Å². The van der Waals surface area contributed by atoms with Crippen LogP contribution in [0, 0.1) is 0 Å². The number of hydrogen-bond acceptors (Lipinski definition) is 5. The molecule has 0 radical (unpaired) electrons. The summed E-state index contributed by atoms with van der Waals surface area (Å²) in [4.78, 5) is 20.0. The van der Waals surface area contributed by atoms with Crippen LogP contribution in [-0.4, -0.2) is 22.9 Å². The highest BCUT2D eigenvalue weighted by atomic mass is 79.9. The third-order valence-electron chi connectivity index (χ3n) is 1.97. The first-order valence-corrected chi connectivity index (χ1v) is 6.43. The van der Waals surface area contributed by atoms with Gasteiger partial charge in [0.1, 0.15) is 15.4 Å². The van der Waals surface area contributed by atoms with Gasteiger partial charge in [-0.05, 0) is 28.1 Å². The normalized spacial score (nSPS) is 10.0. The lowest BCUT2D eigenvalue weighted by molar-refractivity contribution is 0.102. The summed E-state index contributed by atoms with van der Waals surface area (Å²) in [5, 5.41) is 6.34. The van der Waals surface area contributed by atoms with E-state index in [1.165, 1.54) is 11.3 Å². The summed E-state index contributed by atoms with van der Waals surface area (Å²) in [6.45, 7) is 0. The zero-order valence-corrected chi connectivity index (χ0v) is 11.3. The van der Waals surface area contributed by atoms with Gasteiger partial charge in [-0.15, -0.1) is 11.3 Å². The van der Waals surface area contributed by atoms with Crippen LogP contribution in [0.4, 0.5) is 10.8 Å². The minimum absolute atomic E-state index is 0.277. The highest BCUT2D eigenvalue weighted by Crippen LogP contribution is 2.20. The lowest BCUT2D eigenvalue weighted by atomic mass is 10.4. The molecule has 2 heterocycles. The van der Waals surface area contributed by atoms with Gasteiger partial charge in [-0.1, -0.05) is 6.07 Å². The van der Waals surface area contributed by atoms with Crippen molar-refractivity contribution in [3.8, 4) is 0 Å². The Kier molecular flexibility index (Phi) is 3.70. The summed E-state index contributed by atoms with van der Waals surface area (Å²) in [6, 6.07) is 5.30. The second-order valence-electron chi connectivity index (χ2n) is 3.08. The maximum absolute atomic E-state index is 11.9. The highest BCUT2D eigenvalue weighted by Gasteiger charge is 2.14. The van der Waals surface area contributed by atoms with E-state index in [1.807, 2.05) is 0 Å². The number of aromatic nitrogens is 2. The van der Waals surface area contributed by atoms with Gasteiger partial charge in [0.2, 0.25) is 0 Å². The van der Waals surface area contributed by atoms with Crippen LogP contribution in [0.2, 0.25) is 0 Å². The third kappa shape index (κ3) is 2.80. The van der Waals surface area contributed by atoms with Crippen LogP contribution in [0.1, 0.15) is 10.5 Å². The molecule has 0 spiro atoms. The fourth-order valence-electron chi connectivity index (χ4n) is 1.24. The summed E-state index contributed by atoms with van der Waals surface area (Å²) in [5.41, 5.74) is 1.99. The predicted octanol–water partition coefficient (Wildman–Crippen LogP) is 2.59. The van der Waals surface area contributed by atoms with E-state index in [2.05, 4.69) is 36.5 Å². The molecular formula is C10H9BrN4OS. The quantitative estimate of drug-likeness (QED) is 0.855. The highest BCUT2D eigenvalue weighted by molar-refractivity contribution is 9.10. The zero-order valence-electron chi connectivity index (χ0n) is 8.90. The van der Waals surface area contributed by atoms with Gasteiger partial charge in [-0.25, -0.2) is 9.97 Å². The fourth-order valence-corrected chi connectivity index (χ4v) is 2.22. The Bertz CT molecular complexity index is 543. The van der Waals surface area contributed by atoms with Gasteiger partial charge < -0.3 is 10.6 Å². The standard InChI is InChI=1S/C10H9BrN4OS/c1-12-10-8(13-5-17-10)9(16)15-7-4-2-3-6(11)14-7/h2-5,12H,1H3,(H,14,15,16). The molecule has 2 N–H and O–H groups in total. The van der Waals surface area contributed by atoms with Gasteiger partial charge in [-0.3, -0.25) is 4.79 Å². The van der Waals surface area contributed by atoms with Crippen molar-refractivity contribution < 1.29 is 4.79 Å². The topological polar surface area (TPSA) is 66.9 Å². The van der Waals surface area contributed by atoms with Gasteiger partial charge >= 0.3 is 0 Å². The maximum atomic E-state index is 11.9. The molecule has 0 saturated heterocycles. The first kappa shape index (κ1) is 12.0. The molecule has 0 atom stereocenters. The van der Waals surface area contributed by atoms with Crippen LogP contribution < -0.4 is 10.6 Å². The molecule has 17 heavy (non-hydrogen) atoms. The smallest absolute Gasteiger partial charge is 0.278 e. The van der Waals surface area contributed by atoms with Crippen molar-refractivity contribution in [3.05, 3.63) is 34.0 Å². The molecular weight excluding hydrogens is 304 g/mol. The molecule has 1 amide bonds. The first-order chi connectivity index (χ1) is 8.20. The molecule has 5 nitrogen and oxygen atoms in total. The van der Waals surface area contributed by atoms with Crippen molar-refractivity contribution in [1.82, 2.24) is 9.97 Å². The minimum atomic E-state index is -0.277. The molecule has 88 valence electrons. The molecule has 0 aliphatic carbocycles. The molecule has 2 aromatic heterocycles. The summed E-state index contributed by atoms with van der Waals surface area (Å²) >= 11 is 4.62.